The minimum Gasteiger partial charge on any atom is -0.285 e. The first kappa shape index (κ1) is 18.6. The molecule has 0 atom stereocenters. The van der Waals surface area contributed by atoms with E-state index in [9.17, 15) is 16.8 Å². The van der Waals surface area contributed by atoms with Crippen molar-refractivity contribution in [1.29, 1.82) is 0 Å². The smallest absolute Gasteiger partial charge is 0.276 e. The van der Waals surface area contributed by atoms with Crippen LogP contribution in [0.1, 0.15) is 19.8 Å². The van der Waals surface area contributed by atoms with Gasteiger partial charge in [0.25, 0.3) is 10.1 Å². The van der Waals surface area contributed by atoms with E-state index in [1.807, 2.05) is 13.0 Å². The van der Waals surface area contributed by atoms with Gasteiger partial charge in [0.1, 0.15) is 5.75 Å². The Morgan fingerprint density at radius 3 is 2.05 bits per heavy atom. The monoisotopic (exact) mass is 318 g/mol. The fraction of sp³-hybridized carbons (Fsp3) is 0.385. The van der Waals surface area contributed by atoms with Crippen molar-refractivity contribution in [3.05, 3.63) is 30.3 Å². The van der Waals surface area contributed by atoms with Crippen LogP contribution in [0.15, 0.2) is 35.2 Å². The Hall–Kier alpha value is -1.36. The molecule has 0 radical (unpaired) electrons. The number of benzene rings is 1. The van der Waals surface area contributed by atoms with E-state index >= 15 is 0 Å². The number of unbranched alkanes of at least 4 members (excludes halogenated alkanes) is 1. The van der Waals surface area contributed by atoms with Crippen LogP contribution in [0.3, 0.4) is 0 Å². The van der Waals surface area contributed by atoms with Crippen LogP contribution in [0, 0.1) is 12.3 Å². The molecule has 0 fully saturated rings. The van der Waals surface area contributed by atoms with Gasteiger partial charge in [0, 0.05) is 0 Å². The van der Waals surface area contributed by atoms with Crippen molar-refractivity contribution in [1.82, 2.24) is 0 Å². The standard InChI is InChI=1S/C10H14O2S.C3H4O3S/c1-2-3-9-13(11,12)10-7-5-4-6-8-10;1-2-3-7(4,5)6/h4-8H,2-3,9H2,1H3;1H,3H2,(H,4,5,6). The largest absolute Gasteiger partial charge is 0.285 e. The Bertz CT molecular complexity index is 625. The van der Waals surface area contributed by atoms with E-state index in [0.29, 0.717) is 4.90 Å². The molecule has 0 unspecified atom stereocenters. The summed E-state index contributed by atoms with van der Waals surface area (Å²) in [6.45, 7) is 1.99. The van der Waals surface area contributed by atoms with E-state index < -0.39 is 25.7 Å². The molecule has 20 heavy (non-hydrogen) atoms. The summed E-state index contributed by atoms with van der Waals surface area (Å²) in [5.41, 5.74) is 0. The zero-order chi connectivity index (χ0) is 15.6. The summed E-state index contributed by atoms with van der Waals surface area (Å²) in [7, 11) is -6.93. The lowest BCUT2D eigenvalue weighted by atomic mass is 10.4. The average Bonchev–Trinajstić information content (AvgIpc) is 2.37. The van der Waals surface area contributed by atoms with Crippen molar-refractivity contribution in [2.75, 3.05) is 11.5 Å². The SMILES string of the molecule is C#CCS(=O)(=O)O.CCCCS(=O)(=O)c1ccccc1. The molecule has 1 aromatic rings. The van der Waals surface area contributed by atoms with Crippen LogP contribution in [-0.2, 0) is 20.0 Å². The van der Waals surface area contributed by atoms with Gasteiger partial charge in [0.05, 0.1) is 10.6 Å². The highest BCUT2D eigenvalue weighted by molar-refractivity contribution is 7.91. The molecule has 0 heterocycles. The Labute approximate surface area is 120 Å². The van der Waals surface area contributed by atoms with Crippen LogP contribution in [0.5, 0.6) is 0 Å². The van der Waals surface area contributed by atoms with Crippen LogP contribution >= 0.6 is 0 Å². The number of rotatable bonds is 5. The lowest BCUT2D eigenvalue weighted by Crippen LogP contribution is -2.05. The van der Waals surface area contributed by atoms with Crippen molar-refractivity contribution in [2.24, 2.45) is 0 Å². The van der Waals surface area contributed by atoms with Gasteiger partial charge in [-0.3, -0.25) is 4.55 Å². The first-order chi connectivity index (χ1) is 9.23. The molecule has 1 aromatic carbocycles. The summed E-state index contributed by atoms with van der Waals surface area (Å²) in [6, 6.07) is 8.60. The molecule has 0 aliphatic carbocycles. The third-order valence-electron chi connectivity index (χ3n) is 2.13. The van der Waals surface area contributed by atoms with E-state index in [4.69, 9.17) is 4.55 Å². The molecule has 0 bridgehead atoms. The molecule has 1 N–H and O–H groups in total. The van der Waals surface area contributed by atoms with E-state index in [2.05, 4.69) is 6.42 Å². The summed E-state index contributed by atoms with van der Waals surface area (Å²) in [4.78, 5) is 0.434. The van der Waals surface area contributed by atoms with Crippen LogP contribution in [0.2, 0.25) is 0 Å². The average molecular weight is 318 g/mol. The Morgan fingerprint density at radius 2 is 1.70 bits per heavy atom. The normalized spacial score (nSPS) is 11.1. The van der Waals surface area contributed by atoms with Gasteiger partial charge in [-0.2, -0.15) is 8.42 Å². The summed E-state index contributed by atoms with van der Waals surface area (Å²) in [5.74, 6) is 1.42. The minimum absolute atomic E-state index is 0.257. The van der Waals surface area contributed by atoms with E-state index in [0.717, 1.165) is 12.8 Å². The maximum absolute atomic E-state index is 11.6. The van der Waals surface area contributed by atoms with Crippen molar-refractivity contribution < 1.29 is 21.4 Å². The highest BCUT2D eigenvalue weighted by Gasteiger charge is 2.11. The number of hydrogen-bond acceptors (Lipinski definition) is 4. The number of hydrogen-bond donors (Lipinski definition) is 1. The molecule has 112 valence electrons. The van der Waals surface area contributed by atoms with Gasteiger partial charge >= 0.3 is 0 Å². The zero-order valence-corrected chi connectivity index (χ0v) is 12.8. The molecule has 0 spiro atoms. The molecule has 1 rings (SSSR count). The minimum atomic E-state index is -3.91. The van der Waals surface area contributed by atoms with Crippen LogP contribution < -0.4 is 0 Å². The molecule has 0 saturated carbocycles. The summed E-state index contributed by atoms with van der Waals surface area (Å²) in [5, 5.41) is 0. The molecule has 0 amide bonds. The molecule has 0 aliphatic rings. The van der Waals surface area contributed by atoms with Crippen molar-refractivity contribution in [3.63, 3.8) is 0 Å². The van der Waals surface area contributed by atoms with Crippen molar-refractivity contribution in [3.8, 4) is 12.3 Å². The Balaban J connectivity index is 0.000000441. The fourth-order valence-electron chi connectivity index (χ4n) is 1.19. The van der Waals surface area contributed by atoms with Crippen LogP contribution in [0.4, 0.5) is 0 Å². The highest BCUT2D eigenvalue weighted by atomic mass is 32.2. The topological polar surface area (TPSA) is 88.5 Å². The van der Waals surface area contributed by atoms with Gasteiger partial charge in [0.2, 0.25) is 0 Å². The maximum atomic E-state index is 11.6. The Morgan fingerprint density at radius 1 is 1.15 bits per heavy atom. The second-order valence-corrected chi connectivity index (χ2v) is 7.48. The predicted octanol–water partition coefficient (Wildman–Crippen LogP) is 1.77. The van der Waals surface area contributed by atoms with Gasteiger partial charge in [-0.1, -0.05) is 37.5 Å². The van der Waals surface area contributed by atoms with Gasteiger partial charge in [-0.25, -0.2) is 8.42 Å². The predicted molar refractivity (Wildman–Crippen MR) is 78.7 cm³/mol. The first-order valence-corrected chi connectivity index (χ1v) is 9.15. The van der Waals surface area contributed by atoms with Gasteiger partial charge in [-0.05, 0) is 18.6 Å². The second-order valence-electron chi connectivity index (χ2n) is 3.92. The summed E-state index contributed by atoms with van der Waals surface area (Å²) in [6.07, 6.45) is 6.17. The number of terminal acetylenes is 1. The third kappa shape index (κ3) is 8.69. The molecule has 5 nitrogen and oxygen atoms in total. The first-order valence-electron chi connectivity index (χ1n) is 5.89. The molecular weight excluding hydrogens is 300 g/mol. The molecular formula is C13H18O5S2. The molecule has 0 aromatic heterocycles. The molecule has 0 aliphatic heterocycles. The van der Waals surface area contributed by atoms with Crippen LogP contribution in [0.25, 0.3) is 0 Å². The lowest BCUT2D eigenvalue weighted by molar-refractivity contribution is 0.487. The van der Waals surface area contributed by atoms with Gasteiger partial charge in [0.15, 0.2) is 9.84 Å². The van der Waals surface area contributed by atoms with Crippen LogP contribution in [-0.4, -0.2) is 32.9 Å². The fourth-order valence-corrected chi connectivity index (χ4v) is 2.87. The third-order valence-corrected chi connectivity index (χ3v) is 4.48. The van der Waals surface area contributed by atoms with E-state index in [1.165, 1.54) is 0 Å². The van der Waals surface area contributed by atoms with E-state index in [-0.39, 0.29) is 5.75 Å². The lowest BCUT2D eigenvalue weighted by Gasteiger charge is -2.01. The molecule has 0 saturated heterocycles. The Kier molecular flexibility index (Phi) is 8.15. The van der Waals surface area contributed by atoms with Crippen molar-refractivity contribution in [2.45, 2.75) is 24.7 Å². The van der Waals surface area contributed by atoms with E-state index in [1.54, 1.807) is 30.2 Å². The van der Waals surface area contributed by atoms with Gasteiger partial charge in [-0.15, -0.1) is 6.42 Å². The highest BCUT2D eigenvalue weighted by Crippen LogP contribution is 2.11. The quantitative estimate of drug-likeness (QED) is 0.660. The van der Waals surface area contributed by atoms with Gasteiger partial charge < -0.3 is 0 Å². The maximum Gasteiger partial charge on any atom is 0.276 e. The van der Waals surface area contributed by atoms with Crippen molar-refractivity contribution >= 4 is 20.0 Å². The molecule has 7 heteroatoms. The number of sulfone groups is 1. The zero-order valence-electron chi connectivity index (χ0n) is 11.2. The summed E-state index contributed by atoms with van der Waals surface area (Å²) >= 11 is 0. The second kappa shape index (κ2) is 8.74. The summed E-state index contributed by atoms with van der Waals surface area (Å²) < 4.78 is 50.3.